The van der Waals surface area contributed by atoms with Crippen LogP contribution >= 0.6 is 0 Å². The minimum Gasteiger partial charge on any atom is -0.486 e. The van der Waals surface area contributed by atoms with Crippen LogP contribution in [0.25, 0.3) is 11.3 Å². The Morgan fingerprint density at radius 3 is 2.63 bits per heavy atom. The summed E-state index contributed by atoms with van der Waals surface area (Å²) in [6.45, 7) is 2.81. The summed E-state index contributed by atoms with van der Waals surface area (Å²) < 4.78 is 7.39. The third kappa shape index (κ3) is 3.36. The van der Waals surface area contributed by atoms with E-state index in [4.69, 9.17) is 4.74 Å². The van der Waals surface area contributed by atoms with E-state index in [0.717, 1.165) is 17.0 Å². The van der Waals surface area contributed by atoms with E-state index < -0.39 is 0 Å². The molecule has 0 bridgehead atoms. The number of aryl methyl sites for hydroxylation is 1. The number of pyridine rings is 1. The van der Waals surface area contributed by atoms with Crippen LogP contribution in [0.15, 0.2) is 53.3 Å². The number of benzene rings is 1. The molecule has 1 N–H and O–H groups in total. The normalized spacial score (nSPS) is 14.1. The van der Waals surface area contributed by atoms with Gasteiger partial charge in [0, 0.05) is 24.4 Å². The van der Waals surface area contributed by atoms with Crippen molar-refractivity contribution in [1.29, 1.82) is 0 Å². The number of amides is 1. The SMILES string of the molecule is Cc1cc(OC2CN(C(=O)c3cc(-c4ccccc4)n[nH]3)C2)cc(=O)n1C. The van der Waals surface area contributed by atoms with Gasteiger partial charge in [-0.2, -0.15) is 5.10 Å². The van der Waals surface area contributed by atoms with Crippen LogP contribution in [0.1, 0.15) is 16.2 Å². The molecule has 3 aromatic rings. The molecule has 3 heterocycles. The number of likely N-dealkylation sites (tertiary alicyclic amines) is 1. The number of aromatic nitrogens is 3. The second-order valence-corrected chi connectivity index (χ2v) is 6.71. The molecule has 0 saturated carbocycles. The Bertz CT molecular complexity index is 1030. The van der Waals surface area contributed by atoms with Crippen LogP contribution < -0.4 is 10.3 Å². The monoisotopic (exact) mass is 364 g/mol. The molecule has 1 fully saturated rings. The van der Waals surface area contributed by atoms with E-state index in [9.17, 15) is 9.59 Å². The minimum atomic E-state index is -0.114. The molecule has 0 unspecified atom stereocenters. The summed E-state index contributed by atoms with van der Waals surface area (Å²) in [4.78, 5) is 26.1. The molecule has 0 radical (unpaired) electrons. The van der Waals surface area contributed by atoms with E-state index in [1.165, 1.54) is 6.07 Å². The number of carbonyl (C=O) groups excluding carboxylic acids is 1. The smallest absolute Gasteiger partial charge is 0.272 e. The summed E-state index contributed by atoms with van der Waals surface area (Å²) in [5, 5.41) is 7.03. The van der Waals surface area contributed by atoms with E-state index in [1.807, 2.05) is 43.3 Å². The zero-order chi connectivity index (χ0) is 19.0. The maximum Gasteiger partial charge on any atom is 0.272 e. The van der Waals surface area contributed by atoms with Crippen LogP contribution in [-0.4, -0.2) is 44.8 Å². The lowest BCUT2D eigenvalue weighted by molar-refractivity contribution is 0.0172. The fraction of sp³-hybridized carbons (Fsp3) is 0.250. The van der Waals surface area contributed by atoms with Crippen molar-refractivity contribution in [3.8, 4) is 17.0 Å². The van der Waals surface area contributed by atoms with Gasteiger partial charge >= 0.3 is 0 Å². The number of hydrogen-bond donors (Lipinski definition) is 1. The molecule has 1 aliphatic heterocycles. The maximum absolute atomic E-state index is 12.6. The van der Waals surface area contributed by atoms with Crippen LogP contribution in [0.5, 0.6) is 5.75 Å². The quantitative estimate of drug-likeness (QED) is 0.768. The largest absolute Gasteiger partial charge is 0.486 e. The Kier molecular flexibility index (Phi) is 4.27. The Morgan fingerprint density at radius 1 is 1.19 bits per heavy atom. The number of H-pyrrole nitrogens is 1. The summed E-state index contributed by atoms with van der Waals surface area (Å²) in [7, 11) is 1.72. The summed E-state index contributed by atoms with van der Waals surface area (Å²) in [6.07, 6.45) is -0.114. The van der Waals surface area contributed by atoms with Gasteiger partial charge in [-0.25, -0.2) is 0 Å². The second-order valence-electron chi connectivity index (χ2n) is 6.71. The predicted octanol–water partition coefficient (Wildman–Crippen LogP) is 1.99. The molecule has 1 aromatic carbocycles. The van der Waals surface area contributed by atoms with Gasteiger partial charge in [0.15, 0.2) is 0 Å². The number of ether oxygens (including phenoxy) is 1. The number of carbonyl (C=O) groups is 1. The molecular formula is C20H20N4O3. The summed E-state index contributed by atoms with van der Waals surface area (Å²) in [5.41, 5.74) is 2.87. The van der Waals surface area contributed by atoms with Gasteiger partial charge in [-0.1, -0.05) is 30.3 Å². The molecule has 0 atom stereocenters. The first kappa shape index (κ1) is 17.1. The van der Waals surface area contributed by atoms with Crippen LogP contribution in [-0.2, 0) is 7.05 Å². The molecule has 138 valence electrons. The van der Waals surface area contributed by atoms with Crippen molar-refractivity contribution in [1.82, 2.24) is 19.7 Å². The Labute approximate surface area is 156 Å². The fourth-order valence-corrected chi connectivity index (χ4v) is 3.03. The average Bonchev–Trinajstić information content (AvgIpc) is 3.13. The van der Waals surface area contributed by atoms with Gasteiger partial charge in [-0.05, 0) is 19.1 Å². The van der Waals surface area contributed by atoms with Crippen LogP contribution in [0.4, 0.5) is 0 Å². The number of aromatic amines is 1. The first-order valence-corrected chi connectivity index (χ1v) is 8.76. The van der Waals surface area contributed by atoms with Crippen LogP contribution in [0, 0.1) is 6.92 Å². The summed E-state index contributed by atoms with van der Waals surface area (Å²) >= 11 is 0. The van der Waals surface area contributed by atoms with Gasteiger partial charge in [0.25, 0.3) is 11.5 Å². The van der Waals surface area contributed by atoms with Crippen molar-refractivity contribution in [2.45, 2.75) is 13.0 Å². The van der Waals surface area contributed by atoms with E-state index in [2.05, 4.69) is 10.2 Å². The molecule has 1 aliphatic rings. The fourth-order valence-electron chi connectivity index (χ4n) is 3.03. The van der Waals surface area contributed by atoms with Gasteiger partial charge in [-0.15, -0.1) is 0 Å². The number of nitrogens with one attached hydrogen (secondary N) is 1. The molecule has 27 heavy (non-hydrogen) atoms. The van der Waals surface area contributed by atoms with E-state index in [-0.39, 0.29) is 17.6 Å². The lowest BCUT2D eigenvalue weighted by atomic mass is 10.1. The Hall–Kier alpha value is -3.35. The molecule has 4 rings (SSSR count). The van der Waals surface area contributed by atoms with Crippen molar-refractivity contribution >= 4 is 5.91 Å². The third-order valence-corrected chi connectivity index (χ3v) is 4.79. The molecule has 0 spiro atoms. The third-order valence-electron chi connectivity index (χ3n) is 4.79. The topological polar surface area (TPSA) is 80.2 Å². The van der Waals surface area contributed by atoms with Crippen molar-refractivity contribution in [3.63, 3.8) is 0 Å². The number of rotatable bonds is 4. The highest BCUT2D eigenvalue weighted by molar-refractivity contribution is 5.94. The molecule has 7 nitrogen and oxygen atoms in total. The number of hydrogen-bond acceptors (Lipinski definition) is 4. The lowest BCUT2D eigenvalue weighted by Crippen LogP contribution is -2.56. The Morgan fingerprint density at radius 2 is 1.93 bits per heavy atom. The van der Waals surface area contributed by atoms with Gasteiger partial charge in [0.1, 0.15) is 17.5 Å². The van der Waals surface area contributed by atoms with Crippen molar-refractivity contribution in [2.75, 3.05) is 13.1 Å². The minimum absolute atomic E-state index is 0.107. The highest BCUT2D eigenvalue weighted by Gasteiger charge is 2.33. The first-order chi connectivity index (χ1) is 13.0. The first-order valence-electron chi connectivity index (χ1n) is 8.76. The summed E-state index contributed by atoms with van der Waals surface area (Å²) in [5.74, 6) is 0.435. The zero-order valence-electron chi connectivity index (χ0n) is 15.2. The van der Waals surface area contributed by atoms with Gasteiger partial charge < -0.3 is 14.2 Å². The lowest BCUT2D eigenvalue weighted by Gasteiger charge is -2.38. The molecular weight excluding hydrogens is 344 g/mol. The van der Waals surface area contributed by atoms with Crippen LogP contribution in [0.2, 0.25) is 0 Å². The standard InChI is InChI=1S/C20H20N4O3/c1-13-8-15(9-19(25)23(13)2)27-16-11-24(12-16)20(26)18-10-17(21-22-18)14-6-4-3-5-7-14/h3-10,16H,11-12H2,1-2H3,(H,21,22). The predicted molar refractivity (Wildman–Crippen MR) is 101 cm³/mol. The van der Waals surface area contributed by atoms with E-state index >= 15 is 0 Å². The maximum atomic E-state index is 12.6. The van der Waals surface area contributed by atoms with Crippen molar-refractivity contribution in [3.05, 3.63) is 70.3 Å². The van der Waals surface area contributed by atoms with Crippen molar-refractivity contribution < 1.29 is 9.53 Å². The zero-order valence-corrected chi connectivity index (χ0v) is 15.2. The summed E-state index contributed by atoms with van der Waals surface area (Å²) in [6, 6.07) is 14.8. The Balaban J connectivity index is 1.38. The van der Waals surface area contributed by atoms with Crippen LogP contribution in [0.3, 0.4) is 0 Å². The molecule has 1 saturated heterocycles. The highest BCUT2D eigenvalue weighted by Crippen LogP contribution is 2.21. The molecule has 1 amide bonds. The van der Waals surface area contributed by atoms with Gasteiger partial charge in [0.05, 0.1) is 18.8 Å². The van der Waals surface area contributed by atoms with E-state index in [0.29, 0.717) is 24.5 Å². The van der Waals surface area contributed by atoms with Gasteiger partial charge in [0.2, 0.25) is 0 Å². The van der Waals surface area contributed by atoms with Gasteiger partial charge in [-0.3, -0.25) is 14.7 Å². The number of nitrogens with zero attached hydrogens (tertiary/aromatic N) is 3. The van der Waals surface area contributed by atoms with Crippen molar-refractivity contribution in [2.24, 2.45) is 7.05 Å². The molecule has 7 heteroatoms. The highest BCUT2D eigenvalue weighted by atomic mass is 16.5. The second kappa shape index (κ2) is 6.75. The molecule has 0 aliphatic carbocycles. The molecule has 2 aromatic heterocycles. The average molecular weight is 364 g/mol. The van der Waals surface area contributed by atoms with E-state index in [1.54, 1.807) is 22.6 Å².